The van der Waals surface area contributed by atoms with Crippen LogP contribution in [-0.2, 0) is 9.59 Å². The van der Waals surface area contributed by atoms with Crippen molar-refractivity contribution in [3.05, 3.63) is 51.5 Å². The van der Waals surface area contributed by atoms with Gasteiger partial charge in [0.15, 0.2) is 11.5 Å². The van der Waals surface area contributed by atoms with E-state index in [1.807, 2.05) is 13.8 Å². The number of carbonyl (C=O) groups is 2. The van der Waals surface area contributed by atoms with E-state index in [2.05, 4.69) is 10.6 Å². The zero-order valence-corrected chi connectivity index (χ0v) is 18.8. The normalized spacial score (nSPS) is 10.5. The Morgan fingerprint density at radius 1 is 1.00 bits per heavy atom. The van der Waals surface area contributed by atoms with E-state index >= 15 is 0 Å². The zero-order chi connectivity index (χ0) is 23.7. The van der Waals surface area contributed by atoms with Gasteiger partial charge in [-0.3, -0.25) is 24.6 Å². The summed E-state index contributed by atoms with van der Waals surface area (Å²) in [6.07, 6.45) is 0. The summed E-state index contributed by atoms with van der Waals surface area (Å²) in [4.78, 5) is 36.6. The third-order valence-electron chi connectivity index (χ3n) is 4.08. The number of rotatable bonds is 11. The van der Waals surface area contributed by atoms with Gasteiger partial charge in [-0.05, 0) is 45.2 Å². The van der Waals surface area contributed by atoms with Gasteiger partial charge in [0.1, 0.15) is 5.69 Å². The minimum absolute atomic E-state index is 0.0109. The van der Waals surface area contributed by atoms with Gasteiger partial charge in [0.2, 0.25) is 11.8 Å². The lowest BCUT2D eigenvalue weighted by atomic mass is 10.2. The number of nitrogens with one attached hydrogen (secondary N) is 2. The fourth-order valence-corrected chi connectivity index (χ4v) is 3.01. The molecule has 0 aromatic heterocycles. The van der Waals surface area contributed by atoms with Crippen LogP contribution in [-0.4, -0.2) is 55.0 Å². The van der Waals surface area contributed by atoms with Crippen LogP contribution in [0, 0.1) is 10.1 Å². The summed E-state index contributed by atoms with van der Waals surface area (Å²) in [6, 6.07) is 8.94. The zero-order valence-electron chi connectivity index (χ0n) is 18.0. The number of nitro benzene ring substituents is 1. The van der Waals surface area contributed by atoms with E-state index in [1.165, 1.54) is 23.1 Å². The van der Waals surface area contributed by atoms with E-state index in [4.69, 9.17) is 21.1 Å². The van der Waals surface area contributed by atoms with Crippen LogP contribution >= 0.6 is 11.6 Å². The van der Waals surface area contributed by atoms with Crippen LogP contribution in [0.15, 0.2) is 36.4 Å². The summed E-state index contributed by atoms with van der Waals surface area (Å²) < 4.78 is 11.0. The number of hydrogen-bond donors (Lipinski definition) is 2. The first-order valence-corrected chi connectivity index (χ1v) is 10.2. The maximum atomic E-state index is 12.4. The third-order valence-corrected chi connectivity index (χ3v) is 4.32. The van der Waals surface area contributed by atoms with Gasteiger partial charge in [0, 0.05) is 22.8 Å². The van der Waals surface area contributed by atoms with Crippen LogP contribution in [0.2, 0.25) is 5.02 Å². The Bertz CT molecular complexity index is 985. The summed E-state index contributed by atoms with van der Waals surface area (Å²) in [5.74, 6) is 0.227. The molecule has 32 heavy (non-hydrogen) atoms. The van der Waals surface area contributed by atoms with Gasteiger partial charge in [-0.1, -0.05) is 11.6 Å². The molecule has 2 aromatic rings. The van der Waals surface area contributed by atoms with Crippen molar-refractivity contribution in [3.8, 4) is 11.5 Å². The molecule has 0 saturated carbocycles. The van der Waals surface area contributed by atoms with Gasteiger partial charge in [-0.15, -0.1) is 0 Å². The summed E-state index contributed by atoms with van der Waals surface area (Å²) in [6.45, 7) is 4.39. The van der Waals surface area contributed by atoms with E-state index in [-0.39, 0.29) is 35.4 Å². The van der Waals surface area contributed by atoms with E-state index in [9.17, 15) is 19.7 Å². The first-order chi connectivity index (χ1) is 15.2. The lowest BCUT2D eigenvalue weighted by Gasteiger charge is -2.17. The second kappa shape index (κ2) is 11.9. The highest BCUT2D eigenvalue weighted by Crippen LogP contribution is 2.30. The van der Waals surface area contributed by atoms with Crippen LogP contribution in [0.4, 0.5) is 17.1 Å². The van der Waals surface area contributed by atoms with E-state index in [0.29, 0.717) is 30.4 Å². The van der Waals surface area contributed by atoms with Crippen molar-refractivity contribution >= 4 is 40.5 Å². The molecule has 0 heterocycles. The number of nitrogens with zero attached hydrogens (tertiary/aromatic N) is 2. The molecule has 172 valence electrons. The Labute approximate surface area is 190 Å². The molecule has 0 fully saturated rings. The molecule has 0 radical (unpaired) electrons. The van der Waals surface area contributed by atoms with Crippen molar-refractivity contribution in [1.82, 2.24) is 4.90 Å². The number of anilines is 2. The minimum atomic E-state index is -0.615. The molecule has 2 N–H and O–H groups in total. The van der Waals surface area contributed by atoms with Crippen LogP contribution in [0.25, 0.3) is 0 Å². The van der Waals surface area contributed by atoms with Crippen molar-refractivity contribution in [2.45, 2.75) is 13.8 Å². The highest BCUT2D eigenvalue weighted by Gasteiger charge is 2.18. The molecule has 0 bridgehead atoms. The fraction of sp³-hybridized carbons (Fsp3) is 0.333. The topological polar surface area (TPSA) is 123 Å². The van der Waals surface area contributed by atoms with Crippen LogP contribution in [0.5, 0.6) is 11.5 Å². The number of hydrogen-bond acceptors (Lipinski definition) is 7. The molecule has 0 aliphatic carbocycles. The van der Waals surface area contributed by atoms with Crippen LogP contribution in [0.3, 0.4) is 0 Å². The SMILES string of the molecule is CCOc1ccc(NC(=O)CN(C)CC(=O)Nc2cc(Cl)ccc2[N+](=O)[O-])cc1OCC. The average molecular weight is 465 g/mol. The third kappa shape index (κ3) is 7.40. The molecule has 0 spiro atoms. The minimum Gasteiger partial charge on any atom is -0.490 e. The smallest absolute Gasteiger partial charge is 0.292 e. The van der Waals surface area contributed by atoms with Crippen molar-refractivity contribution < 1.29 is 24.0 Å². The number of nitro groups is 1. The quantitative estimate of drug-likeness (QED) is 0.385. The van der Waals surface area contributed by atoms with Gasteiger partial charge in [-0.2, -0.15) is 0 Å². The first-order valence-electron chi connectivity index (χ1n) is 9.85. The van der Waals surface area contributed by atoms with Crippen molar-refractivity contribution in [2.24, 2.45) is 0 Å². The number of ether oxygens (including phenoxy) is 2. The molecule has 0 unspecified atom stereocenters. The second-order valence-electron chi connectivity index (χ2n) is 6.71. The molecule has 0 atom stereocenters. The predicted molar refractivity (Wildman–Crippen MR) is 122 cm³/mol. The van der Waals surface area contributed by atoms with Crippen molar-refractivity contribution in [3.63, 3.8) is 0 Å². The van der Waals surface area contributed by atoms with E-state index in [1.54, 1.807) is 25.2 Å². The van der Waals surface area contributed by atoms with Gasteiger partial charge in [0.25, 0.3) is 5.69 Å². The van der Waals surface area contributed by atoms with Crippen molar-refractivity contribution in [1.29, 1.82) is 0 Å². The number of amides is 2. The Kier molecular flexibility index (Phi) is 9.23. The van der Waals surface area contributed by atoms with Crippen LogP contribution < -0.4 is 20.1 Å². The molecule has 11 heteroatoms. The molecule has 2 aromatic carbocycles. The predicted octanol–water partition coefficient (Wildman–Crippen LogP) is 3.55. The molecular formula is C21H25ClN4O6. The van der Waals surface area contributed by atoms with Gasteiger partial charge >= 0.3 is 0 Å². The molecule has 0 aliphatic rings. The molecule has 10 nitrogen and oxygen atoms in total. The van der Waals surface area contributed by atoms with E-state index < -0.39 is 10.8 Å². The number of likely N-dealkylation sites (N-methyl/N-ethyl adjacent to an activating group) is 1. The maximum absolute atomic E-state index is 12.4. The van der Waals surface area contributed by atoms with E-state index in [0.717, 1.165) is 0 Å². The van der Waals surface area contributed by atoms with Crippen LogP contribution in [0.1, 0.15) is 13.8 Å². The summed E-state index contributed by atoms with van der Waals surface area (Å²) in [7, 11) is 1.58. The first kappa shape index (κ1) is 24.9. The summed E-state index contributed by atoms with van der Waals surface area (Å²) in [5, 5.41) is 16.6. The Balaban J connectivity index is 1.94. The number of benzene rings is 2. The standard InChI is InChI=1S/C21H25ClN4O6/c1-4-31-18-9-7-15(11-19(18)32-5-2)23-20(27)12-25(3)13-21(28)24-16-10-14(22)6-8-17(16)26(29)30/h6-11H,4-5,12-13H2,1-3H3,(H,23,27)(H,24,28). The molecule has 2 amide bonds. The van der Waals surface area contributed by atoms with Gasteiger partial charge in [-0.25, -0.2) is 0 Å². The highest BCUT2D eigenvalue weighted by molar-refractivity contribution is 6.31. The largest absolute Gasteiger partial charge is 0.490 e. The molecular weight excluding hydrogens is 440 g/mol. The molecule has 2 rings (SSSR count). The highest BCUT2D eigenvalue weighted by atomic mass is 35.5. The molecule has 0 saturated heterocycles. The van der Waals surface area contributed by atoms with Crippen molar-refractivity contribution in [2.75, 3.05) is 44.0 Å². The molecule has 0 aliphatic heterocycles. The Hall–Kier alpha value is -3.37. The maximum Gasteiger partial charge on any atom is 0.292 e. The monoisotopic (exact) mass is 464 g/mol. The second-order valence-corrected chi connectivity index (χ2v) is 7.15. The lowest BCUT2D eigenvalue weighted by molar-refractivity contribution is -0.383. The Morgan fingerprint density at radius 3 is 2.25 bits per heavy atom. The fourth-order valence-electron chi connectivity index (χ4n) is 2.83. The lowest BCUT2D eigenvalue weighted by Crippen LogP contribution is -2.36. The summed E-state index contributed by atoms with van der Waals surface area (Å²) in [5.41, 5.74) is 0.237. The average Bonchev–Trinajstić information content (AvgIpc) is 2.69. The van der Waals surface area contributed by atoms with Gasteiger partial charge < -0.3 is 20.1 Å². The van der Waals surface area contributed by atoms with Gasteiger partial charge in [0.05, 0.1) is 31.2 Å². The summed E-state index contributed by atoms with van der Waals surface area (Å²) >= 11 is 5.86. The number of carbonyl (C=O) groups excluding carboxylic acids is 2. The number of halogens is 1. The Morgan fingerprint density at radius 2 is 1.62 bits per heavy atom.